The van der Waals surface area contributed by atoms with Gasteiger partial charge in [-0.15, -0.1) is 0 Å². The lowest BCUT2D eigenvalue weighted by atomic mass is 9.85. The van der Waals surface area contributed by atoms with E-state index in [0.717, 1.165) is 38.3 Å². The molecule has 32 heavy (non-hydrogen) atoms. The van der Waals surface area contributed by atoms with Crippen LogP contribution in [0.3, 0.4) is 0 Å². The van der Waals surface area contributed by atoms with E-state index in [1.165, 1.54) is 43.2 Å². The van der Waals surface area contributed by atoms with Gasteiger partial charge in [0.2, 0.25) is 5.91 Å². The van der Waals surface area contributed by atoms with Gasteiger partial charge in [-0.2, -0.15) is 0 Å². The number of likely N-dealkylation sites (tertiary alicyclic amines) is 2. The Kier molecular flexibility index (Phi) is 6.10. The Morgan fingerprint density at radius 3 is 2.25 bits per heavy atom. The molecular weight excluding hydrogens is 400 g/mol. The van der Waals surface area contributed by atoms with E-state index in [0.29, 0.717) is 23.7 Å². The van der Waals surface area contributed by atoms with Gasteiger partial charge in [-0.3, -0.25) is 9.78 Å². The van der Waals surface area contributed by atoms with Gasteiger partial charge in [-0.1, -0.05) is 37.5 Å². The molecule has 1 aliphatic carbocycles. The van der Waals surface area contributed by atoms with Crippen molar-refractivity contribution >= 4 is 17.6 Å². The van der Waals surface area contributed by atoms with Gasteiger partial charge >= 0.3 is 6.03 Å². The standard InChI is InChI=1S/C26H32N4O2/c31-25(13-19-5-2-1-3-6-19)29-15-22(16-29)20-8-10-24(11-9-20)28-26(32)30-17-23(18-30)21-7-4-12-27-14-21/h4,7-12,14,19,22-23H,1-3,5-6,13,15-18H2,(H,28,32). The lowest BCUT2D eigenvalue weighted by molar-refractivity contribution is -0.136. The Balaban J connectivity index is 1.05. The summed E-state index contributed by atoms with van der Waals surface area (Å²) >= 11 is 0. The van der Waals surface area contributed by atoms with E-state index in [-0.39, 0.29) is 6.03 Å². The molecule has 6 heteroatoms. The molecule has 0 radical (unpaired) electrons. The number of carbonyl (C=O) groups is 2. The SMILES string of the molecule is O=C(CC1CCCCC1)N1CC(c2ccc(NC(=O)N3CC(c4cccnc4)C3)cc2)C1. The maximum Gasteiger partial charge on any atom is 0.321 e. The number of urea groups is 1. The van der Waals surface area contributed by atoms with Crippen LogP contribution in [0.5, 0.6) is 0 Å². The molecule has 0 spiro atoms. The highest BCUT2D eigenvalue weighted by Gasteiger charge is 2.33. The van der Waals surface area contributed by atoms with Crippen LogP contribution in [0.1, 0.15) is 61.5 Å². The van der Waals surface area contributed by atoms with Crippen LogP contribution in [0.15, 0.2) is 48.8 Å². The third-order valence-electron chi connectivity index (χ3n) is 7.38. The smallest absolute Gasteiger partial charge is 0.321 e. The molecular formula is C26H32N4O2. The largest absolute Gasteiger partial charge is 0.341 e. The molecule has 0 atom stereocenters. The van der Waals surface area contributed by atoms with Crippen molar-refractivity contribution in [3.63, 3.8) is 0 Å². The highest BCUT2D eigenvalue weighted by atomic mass is 16.2. The fraction of sp³-hybridized carbons (Fsp3) is 0.500. The average molecular weight is 433 g/mol. The van der Waals surface area contributed by atoms with Gasteiger partial charge in [0.25, 0.3) is 0 Å². The molecule has 1 aromatic heterocycles. The lowest BCUT2D eigenvalue weighted by Gasteiger charge is -2.40. The minimum absolute atomic E-state index is 0.0546. The molecule has 2 aromatic rings. The zero-order chi connectivity index (χ0) is 21.9. The summed E-state index contributed by atoms with van der Waals surface area (Å²) in [6, 6.07) is 12.1. The van der Waals surface area contributed by atoms with E-state index >= 15 is 0 Å². The van der Waals surface area contributed by atoms with Crippen LogP contribution >= 0.6 is 0 Å². The number of anilines is 1. The molecule has 1 saturated carbocycles. The van der Waals surface area contributed by atoms with Crippen LogP contribution in [-0.4, -0.2) is 52.9 Å². The number of amides is 3. The average Bonchev–Trinajstić information content (AvgIpc) is 2.74. The lowest BCUT2D eigenvalue weighted by Crippen LogP contribution is -2.50. The van der Waals surface area contributed by atoms with Crippen LogP contribution in [0.4, 0.5) is 10.5 Å². The Morgan fingerprint density at radius 2 is 1.56 bits per heavy atom. The van der Waals surface area contributed by atoms with Crippen molar-refractivity contribution in [3.8, 4) is 0 Å². The maximum absolute atomic E-state index is 12.5. The molecule has 168 valence electrons. The third-order valence-corrected chi connectivity index (χ3v) is 7.38. The van der Waals surface area contributed by atoms with E-state index in [1.54, 1.807) is 6.20 Å². The summed E-state index contributed by atoms with van der Waals surface area (Å²) in [6.45, 7) is 3.09. The first-order valence-corrected chi connectivity index (χ1v) is 12.0. The summed E-state index contributed by atoms with van der Waals surface area (Å²) in [5.74, 6) is 1.71. The van der Waals surface area contributed by atoms with E-state index < -0.39 is 0 Å². The highest BCUT2D eigenvalue weighted by Crippen LogP contribution is 2.32. The molecule has 6 nitrogen and oxygen atoms in total. The van der Waals surface area contributed by atoms with Crippen LogP contribution in [0.2, 0.25) is 0 Å². The molecule has 5 rings (SSSR count). The number of pyridine rings is 1. The van der Waals surface area contributed by atoms with Gasteiger partial charge in [0.15, 0.2) is 0 Å². The fourth-order valence-corrected chi connectivity index (χ4v) is 5.17. The van der Waals surface area contributed by atoms with Gasteiger partial charge in [-0.25, -0.2) is 4.79 Å². The van der Waals surface area contributed by atoms with E-state index in [9.17, 15) is 9.59 Å². The number of rotatable bonds is 5. The normalized spacial score (nSPS) is 19.9. The van der Waals surface area contributed by atoms with Crippen LogP contribution < -0.4 is 5.32 Å². The summed E-state index contributed by atoms with van der Waals surface area (Å²) in [4.78, 5) is 33.0. The van der Waals surface area contributed by atoms with E-state index in [1.807, 2.05) is 34.2 Å². The molecule has 1 N–H and O–H groups in total. The zero-order valence-corrected chi connectivity index (χ0v) is 18.6. The molecule has 2 aliphatic heterocycles. The summed E-state index contributed by atoms with van der Waals surface area (Å²) in [6.07, 6.45) is 10.7. The van der Waals surface area contributed by atoms with Gasteiger partial charge in [0, 0.05) is 62.5 Å². The highest BCUT2D eigenvalue weighted by molar-refractivity contribution is 5.90. The Bertz CT molecular complexity index is 928. The van der Waals surface area contributed by atoms with E-state index in [2.05, 4.69) is 28.5 Å². The van der Waals surface area contributed by atoms with E-state index in [4.69, 9.17) is 0 Å². The third kappa shape index (κ3) is 4.64. The fourth-order valence-electron chi connectivity index (χ4n) is 5.17. The number of aromatic nitrogens is 1. The monoisotopic (exact) mass is 432 g/mol. The van der Waals surface area contributed by atoms with Gasteiger partial charge < -0.3 is 15.1 Å². The summed E-state index contributed by atoms with van der Waals surface area (Å²) in [5, 5.41) is 3.00. The van der Waals surface area contributed by atoms with Crippen molar-refractivity contribution < 1.29 is 9.59 Å². The predicted octanol–water partition coefficient (Wildman–Crippen LogP) is 4.61. The van der Waals surface area contributed by atoms with Crippen molar-refractivity contribution in [2.24, 2.45) is 5.92 Å². The number of carbonyl (C=O) groups excluding carboxylic acids is 2. The number of hydrogen-bond acceptors (Lipinski definition) is 3. The Morgan fingerprint density at radius 1 is 0.875 bits per heavy atom. The van der Waals surface area contributed by atoms with Crippen molar-refractivity contribution in [1.29, 1.82) is 0 Å². The predicted molar refractivity (Wildman–Crippen MR) is 125 cm³/mol. The van der Waals surface area contributed by atoms with Crippen molar-refractivity contribution in [2.75, 3.05) is 31.5 Å². The Labute approximate surface area is 190 Å². The Hall–Kier alpha value is -2.89. The molecule has 3 fully saturated rings. The quantitative estimate of drug-likeness (QED) is 0.750. The van der Waals surface area contributed by atoms with Gasteiger partial charge in [-0.05, 0) is 48.1 Å². The van der Waals surface area contributed by atoms with Crippen LogP contribution in [0.25, 0.3) is 0 Å². The van der Waals surface area contributed by atoms with Crippen molar-refractivity contribution in [2.45, 2.75) is 50.4 Å². The zero-order valence-electron chi connectivity index (χ0n) is 18.6. The molecule has 0 bridgehead atoms. The second-order valence-corrected chi connectivity index (χ2v) is 9.64. The number of nitrogens with one attached hydrogen (secondary N) is 1. The summed E-state index contributed by atoms with van der Waals surface area (Å²) in [7, 11) is 0. The first-order chi connectivity index (χ1) is 15.7. The van der Waals surface area contributed by atoms with Crippen LogP contribution in [0, 0.1) is 5.92 Å². The second kappa shape index (κ2) is 9.31. The minimum Gasteiger partial charge on any atom is -0.341 e. The number of benzene rings is 1. The summed E-state index contributed by atoms with van der Waals surface area (Å²) < 4.78 is 0. The first kappa shape index (κ1) is 21.0. The number of nitrogens with zero attached hydrogens (tertiary/aromatic N) is 3. The van der Waals surface area contributed by atoms with Crippen molar-refractivity contribution in [3.05, 3.63) is 59.9 Å². The molecule has 3 amide bonds. The first-order valence-electron chi connectivity index (χ1n) is 12.0. The second-order valence-electron chi connectivity index (χ2n) is 9.64. The van der Waals surface area contributed by atoms with Crippen LogP contribution in [-0.2, 0) is 4.79 Å². The molecule has 3 heterocycles. The molecule has 2 saturated heterocycles. The minimum atomic E-state index is -0.0546. The molecule has 0 unspecified atom stereocenters. The molecule has 1 aromatic carbocycles. The van der Waals surface area contributed by atoms with Gasteiger partial charge in [0.05, 0.1) is 0 Å². The molecule has 3 aliphatic rings. The number of hydrogen-bond donors (Lipinski definition) is 1. The van der Waals surface area contributed by atoms with Crippen molar-refractivity contribution in [1.82, 2.24) is 14.8 Å². The van der Waals surface area contributed by atoms with Gasteiger partial charge in [0.1, 0.15) is 0 Å². The topological polar surface area (TPSA) is 65.5 Å². The summed E-state index contributed by atoms with van der Waals surface area (Å²) in [5.41, 5.74) is 3.24. The maximum atomic E-state index is 12.5.